The number of H-pyrrole nitrogens is 1. The van der Waals surface area contributed by atoms with Gasteiger partial charge in [-0.3, -0.25) is 9.89 Å². The molecule has 1 amide bonds. The quantitative estimate of drug-likeness (QED) is 0.757. The lowest BCUT2D eigenvalue weighted by molar-refractivity contribution is 0.0787. The Bertz CT molecular complexity index is 966. The maximum Gasteiger partial charge on any atom is 0.272 e. The van der Waals surface area contributed by atoms with Gasteiger partial charge in [0.15, 0.2) is 11.5 Å². The summed E-state index contributed by atoms with van der Waals surface area (Å²) in [6, 6.07) is 14.7. The largest absolute Gasteiger partial charge is 0.504 e. The number of ether oxygens (including phenoxy) is 1. The van der Waals surface area contributed by atoms with Gasteiger partial charge in [-0.2, -0.15) is 5.10 Å². The van der Waals surface area contributed by atoms with Crippen LogP contribution in [0.15, 0.2) is 48.5 Å². The molecule has 0 spiro atoms. The number of nitrogens with one attached hydrogen (secondary N) is 1. The molecular weight excluding hydrogens is 330 g/mol. The third kappa shape index (κ3) is 2.42. The molecule has 0 radical (unpaired) electrons. The molecule has 0 saturated heterocycles. The maximum absolute atomic E-state index is 12.7. The topological polar surface area (TPSA) is 78.5 Å². The van der Waals surface area contributed by atoms with Gasteiger partial charge < -0.3 is 14.7 Å². The predicted octanol–water partition coefficient (Wildman–Crippen LogP) is 3.36. The van der Waals surface area contributed by atoms with Gasteiger partial charge in [-0.05, 0) is 24.6 Å². The van der Waals surface area contributed by atoms with Crippen LogP contribution in [0.3, 0.4) is 0 Å². The minimum absolute atomic E-state index is 0.0817. The first-order chi connectivity index (χ1) is 12.6. The summed E-state index contributed by atoms with van der Waals surface area (Å²) in [6.07, 6.45) is 0. The zero-order valence-electron chi connectivity index (χ0n) is 14.6. The Morgan fingerprint density at radius 1 is 1.23 bits per heavy atom. The van der Waals surface area contributed by atoms with E-state index in [1.54, 1.807) is 24.1 Å². The number of hydrogen-bond donors (Lipinski definition) is 2. The van der Waals surface area contributed by atoms with Crippen LogP contribution in [0.25, 0.3) is 11.3 Å². The van der Waals surface area contributed by atoms with Gasteiger partial charge in [-0.1, -0.05) is 36.4 Å². The van der Waals surface area contributed by atoms with E-state index < -0.39 is 0 Å². The molecule has 0 bridgehead atoms. The van der Waals surface area contributed by atoms with E-state index in [9.17, 15) is 9.90 Å². The molecule has 0 aliphatic carbocycles. The number of amides is 1. The summed E-state index contributed by atoms with van der Waals surface area (Å²) in [7, 11) is 1.77. The van der Waals surface area contributed by atoms with Crippen LogP contribution in [0.2, 0.25) is 0 Å². The number of hydrogen-bond acceptors (Lipinski definition) is 4. The van der Waals surface area contributed by atoms with E-state index in [0.29, 0.717) is 18.1 Å². The van der Waals surface area contributed by atoms with Crippen molar-refractivity contribution in [3.63, 3.8) is 0 Å². The Balaban J connectivity index is 1.86. The van der Waals surface area contributed by atoms with Crippen molar-refractivity contribution in [2.45, 2.75) is 13.0 Å². The molecule has 1 aliphatic rings. The highest BCUT2D eigenvalue weighted by molar-refractivity contribution is 6.00. The Labute approximate surface area is 151 Å². The molecule has 6 nitrogen and oxygen atoms in total. The molecule has 2 aromatic carbocycles. The van der Waals surface area contributed by atoms with Crippen molar-refractivity contribution in [3.8, 4) is 22.8 Å². The zero-order chi connectivity index (χ0) is 18.3. The number of rotatable bonds is 4. The number of carbonyl (C=O) groups is 1. The Kier molecular flexibility index (Phi) is 3.88. The molecule has 132 valence electrons. The molecule has 1 aliphatic heterocycles. The Morgan fingerprint density at radius 2 is 2.00 bits per heavy atom. The number of carbonyl (C=O) groups excluding carboxylic acids is 1. The minimum Gasteiger partial charge on any atom is -0.504 e. The number of aromatic amines is 1. The van der Waals surface area contributed by atoms with Crippen molar-refractivity contribution in [3.05, 3.63) is 65.4 Å². The highest BCUT2D eigenvalue weighted by Gasteiger charge is 2.40. The van der Waals surface area contributed by atoms with Gasteiger partial charge >= 0.3 is 0 Å². The summed E-state index contributed by atoms with van der Waals surface area (Å²) in [4.78, 5) is 14.4. The van der Waals surface area contributed by atoms with Gasteiger partial charge in [0.25, 0.3) is 5.91 Å². The van der Waals surface area contributed by atoms with Gasteiger partial charge in [0.05, 0.1) is 18.3 Å². The lowest BCUT2D eigenvalue weighted by Gasteiger charge is -2.22. The zero-order valence-corrected chi connectivity index (χ0v) is 14.6. The van der Waals surface area contributed by atoms with Crippen molar-refractivity contribution >= 4 is 5.91 Å². The van der Waals surface area contributed by atoms with E-state index >= 15 is 0 Å². The predicted molar refractivity (Wildman–Crippen MR) is 97.2 cm³/mol. The molecule has 3 aromatic rings. The molecule has 4 rings (SSSR count). The summed E-state index contributed by atoms with van der Waals surface area (Å²) >= 11 is 0. The first kappa shape index (κ1) is 16.2. The van der Waals surface area contributed by atoms with Gasteiger partial charge in [0, 0.05) is 18.2 Å². The summed E-state index contributed by atoms with van der Waals surface area (Å²) in [5, 5.41) is 17.3. The second kappa shape index (κ2) is 6.22. The van der Waals surface area contributed by atoms with Crippen molar-refractivity contribution in [1.29, 1.82) is 0 Å². The van der Waals surface area contributed by atoms with Crippen LogP contribution in [0, 0.1) is 0 Å². The molecule has 2 heterocycles. The average molecular weight is 349 g/mol. The standard InChI is InChI=1S/C20H19N3O3/c1-3-26-15-11-13(9-10-14(15)24)19-16-17(12-7-5-4-6-8-12)21-22-18(16)20(25)23(19)2/h4-11,19,24H,3H2,1-2H3,(H,21,22)/t19-/m1/s1. The van der Waals surface area contributed by atoms with Crippen LogP contribution >= 0.6 is 0 Å². The van der Waals surface area contributed by atoms with Crippen molar-refractivity contribution in [2.24, 2.45) is 0 Å². The SMILES string of the molecule is CCOc1cc([C@@H]2c3c(-c4ccccc4)n[nH]c3C(=O)N2C)ccc1O. The number of benzene rings is 2. The summed E-state index contributed by atoms with van der Waals surface area (Å²) < 4.78 is 5.51. The van der Waals surface area contributed by atoms with Crippen molar-refractivity contribution in [2.75, 3.05) is 13.7 Å². The third-order valence-electron chi connectivity index (χ3n) is 4.65. The van der Waals surface area contributed by atoms with Crippen LogP contribution in [0.1, 0.15) is 34.6 Å². The van der Waals surface area contributed by atoms with Crippen LogP contribution in [0.4, 0.5) is 0 Å². The van der Waals surface area contributed by atoms with Gasteiger partial charge in [0.2, 0.25) is 0 Å². The maximum atomic E-state index is 12.7. The second-order valence-corrected chi connectivity index (χ2v) is 6.21. The molecule has 0 saturated carbocycles. The fraction of sp³-hybridized carbons (Fsp3) is 0.200. The van der Waals surface area contributed by atoms with Crippen LogP contribution in [0.5, 0.6) is 11.5 Å². The molecule has 1 atom stereocenters. The van der Waals surface area contributed by atoms with Crippen LogP contribution in [-0.2, 0) is 0 Å². The third-order valence-corrected chi connectivity index (χ3v) is 4.65. The first-order valence-corrected chi connectivity index (χ1v) is 8.48. The smallest absolute Gasteiger partial charge is 0.272 e. The number of phenolic OH excluding ortho intramolecular Hbond substituents is 1. The number of fused-ring (bicyclic) bond motifs is 1. The normalized spacial score (nSPS) is 16.0. The van der Waals surface area contributed by atoms with E-state index in [1.165, 1.54) is 0 Å². The van der Waals surface area contributed by atoms with E-state index in [4.69, 9.17) is 4.74 Å². The average Bonchev–Trinajstić information content (AvgIpc) is 3.18. The van der Waals surface area contributed by atoms with Crippen molar-refractivity contribution < 1.29 is 14.6 Å². The van der Waals surface area contributed by atoms with Gasteiger partial charge in [-0.25, -0.2) is 0 Å². The second-order valence-electron chi connectivity index (χ2n) is 6.21. The number of phenols is 1. The highest BCUT2D eigenvalue weighted by Crippen LogP contribution is 2.43. The fourth-order valence-electron chi connectivity index (χ4n) is 3.45. The fourth-order valence-corrected chi connectivity index (χ4v) is 3.45. The molecule has 1 aromatic heterocycles. The number of aromatic hydroxyl groups is 1. The Hall–Kier alpha value is -3.28. The van der Waals surface area contributed by atoms with E-state index in [0.717, 1.165) is 22.4 Å². The molecule has 6 heteroatoms. The lowest BCUT2D eigenvalue weighted by atomic mass is 9.96. The van der Waals surface area contributed by atoms with E-state index in [2.05, 4.69) is 10.2 Å². The molecule has 26 heavy (non-hydrogen) atoms. The van der Waals surface area contributed by atoms with Gasteiger partial charge in [0.1, 0.15) is 5.69 Å². The molecule has 0 fully saturated rings. The molecular formula is C20H19N3O3. The van der Waals surface area contributed by atoms with Crippen molar-refractivity contribution in [1.82, 2.24) is 15.1 Å². The van der Waals surface area contributed by atoms with E-state index in [1.807, 2.05) is 43.3 Å². The number of nitrogens with zero attached hydrogens (tertiary/aromatic N) is 2. The summed E-state index contributed by atoms with van der Waals surface area (Å²) in [6.45, 7) is 2.31. The summed E-state index contributed by atoms with van der Waals surface area (Å²) in [5.74, 6) is 0.382. The highest BCUT2D eigenvalue weighted by atomic mass is 16.5. The monoisotopic (exact) mass is 349 g/mol. The molecule has 2 N–H and O–H groups in total. The summed E-state index contributed by atoms with van der Waals surface area (Å²) in [5.41, 5.74) is 3.91. The first-order valence-electron chi connectivity index (χ1n) is 8.48. The Morgan fingerprint density at radius 3 is 2.73 bits per heavy atom. The van der Waals surface area contributed by atoms with Crippen LogP contribution in [-0.4, -0.2) is 39.8 Å². The lowest BCUT2D eigenvalue weighted by Crippen LogP contribution is -2.24. The molecule has 0 unspecified atom stereocenters. The van der Waals surface area contributed by atoms with E-state index in [-0.39, 0.29) is 17.7 Å². The minimum atomic E-state index is -0.300. The number of aromatic nitrogens is 2. The van der Waals surface area contributed by atoms with Gasteiger partial charge in [-0.15, -0.1) is 0 Å². The van der Waals surface area contributed by atoms with Crippen LogP contribution < -0.4 is 4.74 Å².